The number of hydrogen-bond acceptors (Lipinski definition) is 2. The number of nitrogens with one attached hydrogen (secondary N) is 1. The molecule has 0 aliphatic heterocycles. The topological polar surface area (TPSA) is 55.1 Å². The molecule has 1 amide bonds. The predicted octanol–water partition coefficient (Wildman–Crippen LogP) is 2.83. The Kier molecular flexibility index (Phi) is 6.69. The zero-order valence-electron chi connectivity index (χ0n) is 12.2. The molecule has 1 aliphatic carbocycles. The van der Waals surface area contributed by atoms with Gasteiger partial charge in [0.1, 0.15) is 0 Å². The van der Waals surface area contributed by atoms with Crippen LogP contribution in [0.15, 0.2) is 0 Å². The monoisotopic (exact) mass is 254 g/mol. The predicted molar refractivity (Wildman–Crippen MR) is 76.2 cm³/mol. The first-order chi connectivity index (χ1) is 8.56. The first kappa shape index (κ1) is 15.5. The van der Waals surface area contributed by atoms with Crippen molar-refractivity contribution in [1.29, 1.82) is 0 Å². The molecule has 0 heterocycles. The van der Waals surface area contributed by atoms with Gasteiger partial charge in [-0.05, 0) is 25.2 Å². The Balaban J connectivity index is 2.38. The molecule has 3 N–H and O–H groups in total. The van der Waals surface area contributed by atoms with Crippen LogP contribution in [0.2, 0.25) is 0 Å². The van der Waals surface area contributed by atoms with Crippen LogP contribution in [0.5, 0.6) is 0 Å². The van der Waals surface area contributed by atoms with Gasteiger partial charge in [0.25, 0.3) is 0 Å². The molecule has 3 atom stereocenters. The van der Waals surface area contributed by atoms with Gasteiger partial charge in [-0.1, -0.05) is 52.4 Å². The van der Waals surface area contributed by atoms with E-state index < -0.39 is 0 Å². The van der Waals surface area contributed by atoms with E-state index in [9.17, 15) is 4.79 Å². The molecule has 0 radical (unpaired) electrons. The van der Waals surface area contributed by atoms with Gasteiger partial charge in [-0.3, -0.25) is 4.79 Å². The molecule has 1 rings (SSSR count). The molecule has 18 heavy (non-hydrogen) atoms. The standard InChI is InChI=1S/C15H30N2O/c1-4-8-14(16)15(18)17-12(3)11(2)13-9-6-5-7-10-13/h11-14H,4-10,16H2,1-3H3,(H,17,18). The van der Waals surface area contributed by atoms with Gasteiger partial charge < -0.3 is 11.1 Å². The van der Waals surface area contributed by atoms with Gasteiger partial charge in [0.15, 0.2) is 0 Å². The third-order valence-corrected chi connectivity index (χ3v) is 4.49. The molecule has 0 spiro atoms. The molecule has 0 saturated heterocycles. The smallest absolute Gasteiger partial charge is 0.237 e. The van der Waals surface area contributed by atoms with Gasteiger partial charge in [-0.15, -0.1) is 0 Å². The van der Waals surface area contributed by atoms with Crippen LogP contribution in [0.1, 0.15) is 65.7 Å². The maximum Gasteiger partial charge on any atom is 0.237 e. The van der Waals surface area contributed by atoms with Crippen LogP contribution in [0, 0.1) is 11.8 Å². The summed E-state index contributed by atoms with van der Waals surface area (Å²) < 4.78 is 0. The molecule has 0 aromatic rings. The Morgan fingerprint density at radius 3 is 2.44 bits per heavy atom. The second-order valence-electron chi connectivity index (χ2n) is 5.95. The minimum Gasteiger partial charge on any atom is -0.352 e. The van der Waals surface area contributed by atoms with Crippen LogP contribution in [-0.4, -0.2) is 18.0 Å². The first-order valence-corrected chi connectivity index (χ1v) is 7.62. The summed E-state index contributed by atoms with van der Waals surface area (Å²) in [6.45, 7) is 6.45. The van der Waals surface area contributed by atoms with Crippen molar-refractivity contribution in [2.45, 2.75) is 77.8 Å². The highest BCUT2D eigenvalue weighted by Gasteiger charge is 2.26. The van der Waals surface area contributed by atoms with Gasteiger partial charge in [-0.2, -0.15) is 0 Å². The Morgan fingerprint density at radius 2 is 1.89 bits per heavy atom. The summed E-state index contributed by atoms with van der Waals surface area (Å²) in [6, 6.07) is -0.0977. The summed E-state index contributed by atoms with van der Waals surface area (Å²) in [4.78, 5) is 11.9. The number of hydrogen-bond donors (Lipinski definition) is 2. The van der Waals surface area contributed by atoms with Crippen LogP contribution in [0.25, 0.3) is 0 Å². The van der Waals surface area contributed by atoms with Gasteiger partial charge in [0.2, 0.25) is 5.91 Å². The summed E-state index contributed by atoms with van der Waals surface area (Å²) in [5, 5.41) is 3.10. The van der Waals surface area contributed by atoms with Crippen molar-refractivity contribution in [2.24, 2.45) is 17.6 Å². The lowest BCUT2D eigenvalue weighted by Crippen LogP contribution is -2.47. The van der Waals surface area contributed by atoms with E-state index in [1.54, 1.807) is 0 Å². The number of carbonyl (C=O) groups excluding carboxylic acids is 1. The summed E-state index contributed by atoms with van der Waals surface area (Å²) >= 11 is 0. The highest BCUT2D eigenvalue weighted by atomic mass is 16.2. The Labute approximate surface area is 112 Å². The normalized spacial score (nSPS) is 22.2. The third kappa shape index (κ3) is 4.60. The lowest BCUT2D eigenvalue weighted by Gasteiger charge is -2.32. The number of nitrogens with two attached hydrogens (primary N) is 1. The zero-order chi connectivity index (χ0) is 13.5. The quantitative estimate of drug-likeness (QED) is 0.766. The lowest BCUT2D eigenvalue weighted by molar-refractivity contribution is -0.123. The second-order valence-corrected chi connectivity index (χ2v) is 5.95. The summed E-state index contributed by atoms with van der Waals surface area (Å²) in [5.41, 5.74) is 5.84. The molecule has 3 unspecified atom stereocenters. The zero-order valence-corrected chi connectivity index (χ0v) is 12.2. The third-order valence-electron chi connectivity index (χ3n) is 4.49. The van der Waals surface area contributed by atoms with Gasteiger partial charge in [0.05, 0.1) is 6.04 Å². The van der Waals surface area contributed by atoms with Gasteiger partial charge in [0, 0.05) is 6.04 Å². The average Bonchev–Trinajstić information content (AvgIpc) is 2.39. The van der Waals surface area contributed by atoms with Crippen molar-refractivity contribution in [1.82, 2.24) is 5.32 Å². The molecule has 3 nitrogen and oxygen atoms in total. The summed E-state index contributed by atoms with van der Waals surface area (Å²) in [6.07, 6.45) is 8.46. The Bertz CT molecular complexity index is 249. The molecule has 1 fully saturated rings. The van der Waals surface area contributed by atoms with Gasteiger partial charge >= 0.3 is 0 Å². The van der Waals surface area contributed by atoms with Crippen molar-refractivity contribution in [2.75, 3.05) is 0 Å². The molecule has 0 aromatic carbocycles. The molecule has 1 aliphatic rings. The Morgan fingerprint density at radius 1 is 1.28 bits per heavy atom. The lowest BCUT2D eigenvalue weighted by atomic mass is 9.78. The second kappa shape index (κ2) is 7.78. The largest absolute Gasteiger partial charge is 0.352 e. The molecule has 1 saturated carbocycles. The van der Waals surface area contributed by atoms with E-state index in [0.29, 0.717) is 5.92 Å². The maximum atomic E-state index is 11.9. The minimum atomic E-state index is -0.337. The van der Waals surface area contributed by atoms with Gasteiger partial charge in [-0.25, -0.2) is 0 Å². The van der Waals surface area contributed by atoms with Crippen LogP contribution in [-0.2, 0) is 4.79 Å². The number of rotatable bonds is 6. The van der Waals surface area contributed by atoms with Crippen molar-refractivity contribution >= 4 is 5.91 Å². The van der Waals surface area contributed by atoms with Crippen LogP contribution >= 0.6 is 0 Å². The average molecular weight is 254 g/mol. The molecular formula is C15H30N2O. The van der Waals surface area contributed by atoms with E-state index in [4.69, 9.17) is 5.73 Å². The Hall–Kier alpha value is -0.570. The van der Waals surface area contributed by atoms with E-state index >= 15 is 0 Å². The fraction of sp³-hybridized carbons (Fsp3) is 0.933. The van der Waals surface area contributed by atoms with E-state index in [-0.39, 0.29) is 18.0 Å². The summed E-state index contributed by atoms with van der Waals surface area (Å²) in [7, 11) is 0. The summed E-state index contributed by atoms with van der Waals surface area (Å²) in [5.74, 6) is 1.35. The number of amides is 1. The van der Waals surface area contributed by atoms with Crippen molar-refractivity contribution in [3.8, 4) is 0 Å². The highest BCUT2D eigenvalue weighted by molar-refractivity contribution is 5.81. The van der Waals surface area contributed by atoms with E-state index in [0.717, 1.165) is 18.8 Å². The van der Waals surface area contributed by atoms with E-state index in [2.05, 4.69) is 26.1 Å². The van der Waals surface area contributed by atoms with Crippen molar-refractivity contribution < 1.29 is 4.79 Å². The van der Waals surface area contributed by atoms with Crippen LogP contribution < -0.4 is 11.1 Å². The fourth-order valence-electron chi connectivity index (χ4n) is 2.97. The van der Waals surface area contributed by atoms with E-state index in [1.165, 1.54) is 32.1 Å². The first-order valence-electron chi connectivity index (χ1n) is 7.62. The maximum absolute atomic E-state index is 11.9. The van der Waals surface area contributed by atoms with Crippen molar-refractivity contribution in [3.05, 3.63) is 0 Å². The number of carbonyl (C=O) groups is 1. The van der Waals surface area contributed by atoms with E-state index in [1.807, 2.05) is 0 Å². The molecular weight excluding hydrogens is 224 g/mol. The van der Waals surface area contributed by atoms with Crippen LogP contribution in [0.4, 0.5) is 0 Å². The molecule has 0 aromatic heterocycles. The fourth-order valence-corrected chi connectivity index (χ4v) is 2.97. The molecule has 106 valence electrons. The van der Waals surface area contributed by atoms with Crippen LogP contribution in [0.3, 0.4) is 0 Å². The SMILES string of the molecule is CCCC(N)C(=O)NC(C)C(C)C1CCCCC1. The minimum absolute atomic E-state index is 0.0204. The van der Waals surface area contributed by atoms with Crippen molar-refractivity contribution in [3.63, 3.8) is 0 Å². The molecule has 0 bridgehead atoms. The molecule has 3 heteroatoms. The highest BCUT2D eigenvalue weighted by Crippen LogP contribution is 2.31.